The molecule has 4 heteroatoms. The predicted molar refractivity (Wildman–Crippen MR) is 89.1 cm³/mol. The lowest BCUT2D eigenvalue weighted by molar-refractivity contribution is -0.125. The van der Waals surface area contributed by atoms with E-state index in [2.05, 4.69) is 5.32 Å². The topological polar surface area (TPSA) is 55.4 Å². The number of ether oxygens (including phenoxy) is 1. The predicted octanol–water partition coefficient (Wildman–Crippen LogP) is 3.42. The van der Waals surface area contributed by atoms with Crippen LogP contribution >= 0.6 is 0 Å². The Morgan fingerprint density at radius 3 is 2.30 bits per heavy atom. The largest absolute Gasteiger partial charge is 0.452 e. The number of benzene rings is 2. The Morgan fingerprint density at radius 1 is 1.04 bits per heavy atom. The molecule has 0 fully saturated rings. The van der Waals surface area contributed by atoms with Crippen molar-refractivity contribution in [2.75, 3.05) is 6.61 Å². The number of hydrogen-bond donors (Lipinski definition) is 1. The standard InChI is InChI=1S/C19H21NO3/c1-3-17(15-11-9-14(2)10-12-15)20-18(21)13-23-19(22)16-7-5-4-6-8-16/h4-12,17H,3,13H2,1-2H3,(H,20,21)/t17-/m1/s1. The first-order valence-corrected chi connectivity index (χ1v) is 7.68. The summed E-state index contributed by atoms with van der Waals surface area (Å²) in [5.74, 6) is -0.800. The molecule has 2 rings (SSSR count). The molecule has 2 aromatic carbocycles. The van der Waals surface area contributed by atoms with E-state index in [1.807, 2.05) is 44.2 Å². The van der Waals surface area contributed by atoms with E-state index >= 15 is 0 Å². The second-order valence-electron chi connectivity index (χ2n) is 5.38. The molecule has 0 heterocycles. The van der Waals surface area contributed by atoms with Gasteiger partial charge >= 0.3 is 5.97 Å². The molecule has 120 valence electrons. The number of carbonyl (C=O) groups excluding carboxylic acids is 2. The third-order valence-electron chi connectivity index (χ3n) is 3.57. The number of rotatable bonds is 6. The average Bonchev–Trinajstić information content (AvgIpc) is 2.59. The van der Waals surface area contributed by atoms with Gasteiger partial charge in [-0.3, -0.25) is 4.79 Å². The van der Waals surface area contributed by atoms with Crippen LogP contribution in [0.15, 0.2) is 54.6 Å². The van der Waals surface area contributed by atoms with Crippen molar-refractivity contribution in [1.82, 2.24) is 5.32 Å². The second kappa shape index (κ2) is 8.13. The van der Waals surface area contributed by atoms with E-state index in [1.54, 1.807) is 24.3 Å². The van der Waals surface area contributed by atoms with Crippen molar-refractivity contribution in [3.05, 3.63) is 71.3 Å². The Morgan fingerprint density at radius 2 is 1.70 bits per heavy atom. The highest BCUT2D eigenvalue weighted by atomic mass is 16.5. The van der Waals surface area contributed by atoms with Crippen molar-refractivity contribution in [2.45, 2.75) is 26.3 Å². The highest BCUT2D eigenvalue weighted by Gasteiger charge is 2.14. The Balaban J connectivity index is 1.88. The van der Waals surface area contributed by atoms with E-state index in [9.17, 15) is 9.59 Å². The van der Waals surface area contributed by atoms with E-state index < -0.39 is 5.97 Å². The smallest absolute Gasteiger partial charge is 0.338 e. The maximum absolute atomic E-state index is 12.0. The van der Waals surface area contributed by atoms with Gasteiger partial charge in [0, 0.05) is 0 Å². The first kappa shape index (κ1) is 16.7. The van der Waals surface area contributed by atoms with Crippen LogP contribution in [0.2, 0.25) is 0 Å². The minimum absolute atomic E-state index is 0.0847. The van der Waals surface area contributed by atoms with Crippen LogP contribution in [0.4, 0.5) is 0 Å². The zero-order chi connectivity index (χ0) is 16.7. The quantitative estimate of drug-likeness (QED) is 0.832. The number of aryl methyl sites for hydroxylation is 1. The molecule has 0 aromatic heterocycles. The van der Waals surface area contributed by atoms with Crippen molar-refractivity contribution in [2.24, 2.45) is 0 Å². The second-order valence-corrected chi connectivity index (χ2v) is 5.38. The lowest BCUT2D eigenvalue weighted by atomic mass is 10.0. The average molecular weight is 311 g/mol. The molecule has 23 heavy (non-hydrogen) atoms. The van der Waals surface area contributed by atoms with Crippen molar-refractivity contribution in [3.8, 4) is 0 Å². The fourth-order valence-electron chi connectivity index (χ4n) is 2.24. The van der Waals surface area contributed by atoms with Gasteiger partial charge in [0.1, 0.15) is 0 Å². The van der Waals surface area contributed by atoms with Gasteiger partial charge in [-0.1, -0.05) is 55.0 Å². The monoisotopic (exact) mass is 311 g/mol. The van der Waals surface area contributed by atoms with Crippen molar-refractivity contribution in [3.63, 3.8) is 0 Å². The summed E-state index contributed by atoms with van der Waals surface area (Å²) >= 11 is 0. The van der Waals surface area contributed by atoms with Gasteiger partial charge < -0.3 is 10.1 Å². The van der Waals surface area contributed by atoms with Gasteiger partial charge in [-0.15, -0.1) is 0 Å². The maximum atomic E-state index is 12.0. The summed E-state index contributed by atoms with van der Waals surface area (Å²) in [4.78, 5) is 23.8. The van der Waals surface area contributed by atoms with Crippen molar-refractivity contribution >= 4 is 11.9 Å². The maximum Gasteiger partial charge on any atom is 0.338 e. The number of nitrogens with one attached hydrogen (secondary N) is 1. The van der Waals surface area contributed by atoms with Gasteiger partial charge in [-0.25, -0.2) is 4.79 Å². The molecule has 4 nitrogen and oxygen atoms in total. The molecule has 1 amide bonds. The first-order valence-electron chi connectivity index (χ1n) is 7.68. The number of hydrogen-bond acceptors (Lipinski definition) is 3. The third kappa shape index (κ3) is 4.95. The van der Waals surface area contributed by atoms with Crippen LogP contribution in [-0.2, 0) is 9.53 Å². The minimum Gasteiger partial charge on any atom is -0.452 e. The van der Waals surface area contributed by atoms with Crippen LogP contribution in [0.5, 0.6) is 0 Å². The number of carbonyl (C=O) groups is 2. The van der Waals surface area contributed by atoms with Crippen molar-refractivity contribution < 1.29 is 14.3 Å². The Hall–Kier alpha value is -2.62. The summed E-state index contributed by atoms with van der Waals surface area (Å²) in [6.45, 7) is 3.74. The Bertz CT molecular complexity index is 650. The van der Waals surface area contributed by atoms with Crippen LogP contribution in [0.25, 0.3) is 0 Å². The molecule has 2 aromatic rings. The summed E-state index contributed by atoms with van der Waals surface area (Å²) in [5.41, 5.74) is 2.65. The SMILES string of the molecule is CC[C@@H](NC(=O)COC(=O)c1ccccc1)c1ccc(C)cc1. The number of amides is 1. The molecule has 0 aliphatic rings. The molecule has 0 unspecified atom stereocenters. The molecule has 0 aliphatic heterocycles. The first-order chi connectivity index (χ1) is 11.1. The van der Waals surface area contributed by atoms with Crippen LogP contribution in [-0.4, -0.2) is 18.5 Å². The van der Waals surface area contributed by atoms with Crippen molar-refractivity contribution in [1.29, 1.82) is 0 Å². The molecule has 0 bridgehead atoms. The van der Waals surface area contributed by atoms with E-state index in [1.165, 1.54) is 5.56 Å². The molecular formula is C19H21NO3. The minimum atomic E-state index is -0.496. The Kier molecular flexibility index (Phi) is 5.92. The summed E-state index contributed by atoms with van der Waals surface area (Å²) in [5, 5.41) is 2.89. The lowest BCUT2D eigenvalue weighted by Gasteiger charge is -2.17. The fraction of sp³-hybridized carbons (Fsp3) is 0.263. The van der Waals surface area contributed by atoms with Crippen LogP contribution in [0.3, 0.4) is 0 Å². The van der Waals surface area contributed by atoms with Gasteiger partial charge in [0.15, 0.2) is 6.61 Å². The fourth-order valence-corrected chi connectivity index (χ4v) is 2.24. The van der Waals surface area contributed by atoms with Gasteiger partial charge in [-0.2, -0.15) is 0 Å². The van der Waals surface area contributed by atoms with E-state index in [4.69, 9.17) is 4.74 Å². The third-order valence-corrected chi connectivity index (χ3v) is 3.57. The molecule has 0 radical (unpaired) electrons. The van der Waals surface area contributed by atoms with Crippen LogP contribution in [0.1, 0.15) is 40.9 Å². The van der Waals surface area contributed by atoms with E-state index in [0.29, 0.717) is 5.56 Å². The zero-order valence-corrected chi connectivity index (χ0v) is 13.4. The summed E-state index contributed by atoms with van der Waals surface area (Å²) < 4.78 is 5.04. The van der Waals surface area contributed by atoms with Gasteiger partial charge in [0.2, 0.25) is 0 Å². The highest BCUT2D eigenvalue weighted by molar-refractivity contribution is 5.91. The number of esters is 1. The Labute approximate surface area is 136 Å². The van der Waals surface area contributed by atoms with Crippen LogP contribution in [0, 0.1) is 6.92 Å². The summed E-state index contributed by atoms with van der Waals surface area (Å²) in [6.07, 6.45) is 0.765. The van der Waals surface area contributed by atoms with E-state index in [0.717, 1.165) is 12.0 Å². The van der Waals surface area contributed by atoms with Gasteiger partial charge in [-0.05, 0) is 31.0 Å². The van der Waals surface area contributed by atoms with Crippen LogP contribution < -0.4 is 5.32 Å². The highest BCUT2D eigenvalue weighted by Crippen LogP contribution is 2.17. The molecular weight excluding hydrogens is 290 g/mol. The molecule has 0 saturated carbocycles. The zero-order valence-electron chi connectivity index (χ0n) is 13.4. The molecule has 0 spiro atoms. The molecule has 1 atom stereocenters. The summed E-state index contributed by atoms with van der Waals surface area (Å²) in [6, 6.07) is 16.6. The molecule has 1 N–H and O–H groups in total. The molecule has 0 saturated heterocycles. The van der Waals surface area contributed by atoms with E-state index in [-0.39, 0.29) is 18.6 Å². The van der Waals surface area contributed by atoms with Gasteiger partial charge in [0.25, 0.3) is 5.91 Å². The lowest BCUT2D eigenvalue weighted by Crippen LogP contribution is -2.32. The molecule has 0 aliphatic carbocycles. The van der Waals surface area contributed by atoms with Gasteiger partial charge in [0.05, 0.1) is 11.6 Å². The summed E-state index contributed by atoms with van der Waals surface area (Å²) in [7, 11) is 0. The normalized spacial score (nSPS) is 11.6.